The van der Waals surface area contributed by atoms with Crippen LogP contribution in [0, 0.1) is 11.8 Å². The van der Waals surface area contributed by atoms with Crippen LogP contribution in [0.15, 0.2) is 22.8 Å². The third-order valence-electron chi connectivity index (χ3n) is 4.11. The average Bonchev–Trinajstić information content (AvgIpc) is 2.90. The van der Waals surface area contributed by atoms with E-state index in [0.717, 1.165) is 29.3 Å². The highest BCUT2D eigenvalue weighted by molar-refractivity contribution is 9.10. The number of halogens is 1. The zero-order valence-corrected chi connectivity index (χ0v) is 13.6. The minimum Gasteiger partial charge on any atom is -0.314 e. The number of nitrogens with zero attached hydrogens (tertiary/aromatic N) is 1. The minimum absolute atomic E-state index is 0.571. The molecule has 1 saturated carbocycles. The summed E-state index contributed by atoms with van der Waals surface area (Å²) < 4.78 is 1.06. The Morgan fingerprint density at radius 1 is 1.32 bits per heavy atom. The Kier molecular flexibility index (Phi) is 5.83. The maximum absolute atomic E-state index is 4.54. The third-order valence-corrected chi connectivity index (χ3v) is 4.58. The molecule has 1 aliphatic rings. The maximum Gasteiger partial charge on any atom is 0.0413 e. The number of aromatic nitrogens is 1. The highest BCUT2D eigenvalue weighted by Crippen LogP contribution is 2.32. The topological polar surface area (TPSA) is 24.9 Å². The van der Waals surface area contributed by atoms with Crippen LogP contribution in [0.4, 0.5) is 0 Å². The van der Waals surface area contributed by atoms with Crippen molar-refractivity contribution in [3.63, 3.8) is 0 Å². The Morgan fingerprint density at radius 3 is 2.63 bits per heavy atom. The van der Waals surface area contributed by atoms with Crippen LogP contribution in [0.25, 0.3) is 0 Å². The highest BCUT2D eigenvalue weighted by atomic mass is 79.9. The van der Waals surface area contributed by atoms with Gasteiger partial charge in [-0.15, -0.1) is 0 Å². The summed E-state index contributed by atoms with van der Waals surface area (Å²) in [4.78, 5) is 4.54. The van der Waals surface area contributed by atoms with Gasteiger partial charge in [0.2, 0.25) is 0 Å². The standard InChI is InChI=1S/C16H25BrN2/c1-12(2)18-10-14(13-5-3-4-6-13)9-16-8-7-15(17)11-19-16/h7-8,11-14,18H,3-6,9-10H2,1-2H3. The Balaban J connectivity index is 1.97. The van der Waals surface area contributed by atoms with E-state index in [9.17, 15) is 0 Å². The lowest BCUT2D eigenvalue weighted by Crippen LogP contribution is -2.33. The Bertz CT molecular complexity index is 369. The molecule has 0 bridgehead atoms. The van der Waals surface area contributed by atoms with Gasteiger partial charge in [0, 0.05) is 22.4 Å². The van der Waals surface area contributed by atoms with E-state index in [4.69, 9.17) is 0 Å². The van der Waals surface area contributed by atoms with E-state index >= 15 is 0 Å². The summed E-state index contributed by atoms with van der Waals surface area (Å²) in [6.07, 6.45) is 8.66. The summed E-state index contributed by atoms with van der Waals surface area (Å²) in [6.45, 7) is 5.58. The van der Waals surface area contributed by atoms with Crippen molar-refractivity contribution in [1.82, 2.24) is 10.3 Å². The van der Waals surface area contributed by atoms with Gasteiger partial charge in [0.05, 0.1) is 0 Å². The Hall–Kier alpha value is -0.410. The van der Waals surface area contributed by atoms with Gasteiger partial charge in [0.25, 0.3) is 0 Å². The molecular formula is C16H25BrN2. The van der Waals surface area contributed by atoms with Gasteiger partial charge in [0.1, 0.15) is 0 Å². The molecule has 0 saturated heterocycles. The van der Waals surface area contributed by atoms with Crippen LogP contribution in [-0.4, -0.2) is 17.6 Å². The van der Waals surface area contributed by atoms with Crippen molar-refractivity contribution in [3.8, 4) is 0 Å². The van der Waals surface area contributed by atoms with Crippen molar-refractivity contribution in [2.24, 2.45) is 11.8 Å². The molecule has 1 aliphatic carbocycles. The van der Waals surface area contributed by atoms with Crippen molar-refractivity contribution >= 4 is 15.9 Å². The Morgan fingerprint density at radius 2 is 2.05 bits per heavy atom. The maximum atomic E-state index is 4.54. The van der Waals surface area contributed by atoms with E-state index in [2.05, 4.69) is 52.2 Å². The fourth-order valence-electron chi connectivity index (χ4n) is 3.02. The number of hydrogen-bond donors (Lipinski definition) is 1. The number of hydrogen-bond acceptors (Lipinski definition) is 2. The molecule has 0 aliphatic heterocycles. The fraction of sp³-hybridized carbons (Fsp3) is 0.688. The van der Waals surface area contributed by atoms with Gasteiger partial charge in [-0.05, 0) is 52.9 Å². The lowest BCUT2D eigenvalue weighted by molar-refractivity contribution is 0.311. The average molecular weight is 325 g/mol. The molecule has 19 heavy (non-hydrogen) atoms. The number of pyridine rings is 1. The van der Waals surface area contributed by atoms with E-state index in [1.807, 2.05) is 6.20 Å². The molecule has 0 amide bonds. The second kappa shape index (κ2) is 7.39. The van der Waals surface area contributed by atoms with Crippen molar-refractivity contribution in [3.05, 3.63) is 28.5 Å². The van der Waals surface area contributed by atoms with Crippen LogP contribution in [0.3, 0.4) is 0 Å². The summed E-state index contributed by atoms with van der Waals surface area (Å²) in [5, 5.41) is 3.62. The monoisotopic (exact) mass is 324 g/mol. The van der Waals surface area contributed by atoms with Crippen molar-refractivity contribution < 1.29 is 0 Å². The SMILES string of the molecule is CC(C)NCC(Cc1ccc(Br)cn1)C1CCCC1. The molecular weight excluding hydrogens is 300 g/mol. The lowest BCUT2D eigenvalue weighted by atomic mass is 9.86. The molecule has 1 aromatic heterocycles. The molecule has 1 N–H and O–H groups in total. The lowest BCUT2D eigenvalue weighted by Gasteiger charge is -2.24. The first-order valence-electron chi connectivity index (χ1n) is 7.49. The zero-order chi connectivity index (χ0) is 13.7. The van der Waals surface area contributed by atoms with Crippen molar-refractivity contribution in [1.29, 1.82) is 0 Å². The van der Waals surface area contributed by atoms with Gasteiger partial charge in [0.15, 0.2) is 0 Å². The van der Waals surface area contributed by atoms with Crippen molar-refractivity contribution in [2.75, 3.05) is 6.54 Å². The Labute approximate surface area is 125 Å². The molecule has 2 nitrogen and oxygen atoms in total. The first-order valence-corrected chi connectivity index (χ1v) is 8.28. The summed E-state index contributed by atoms with van der Waals surface area (Å²) in [5.41, 5.74) is 1.23. The molecule has 2 rings (SSSR count). The van der Waals surface area contributed by atoms with Gasteiger partial charge < -0.3 is 5.32 Å². The van der Waals surface area contributed by atoms with Gasteiger partial charge in [-0.3, -0.25) is 4.98 Å². The van der Waals surface area contributed by atoms with Gasteiger partial charge in [-0.2, -0.15) is 0 Å². The smallest absolute Gasteiger partial charge is 0.0413 e. The molecule has 1 atom stereocenters. The first-order chi connectivity index (χ1) is 9.15. The van der Waals surface area contributed by atoms with Gasteiger partial charge in [-0.1, -0.05) is 39.5 Å². The second-order valence-electron chi connectivity index (χ2n) is 6.04. The predicted molar refractivity (Wildman–Crippen MR) is 84.2 cm³/mol. The predicted octanol–water partition coefficient (Wildman–Crippen LogP) is 4.19. The van der Waals surface area contributed by atoms with Crippen LogP contribution >= 0.6 is 15.9 Å². The molecule has 0 radical (unpaired) electrons. The molecule has 1 heterocycles. The van der Waals surface area contributed by atoms with E-state index in [0.29, 0.717) is 6.04 Å². The van der Waals surface area contributed by atoms with Crippen LogP contribution < -0.4 is 5.32 Å². The molecule has 0 aromatic carbocycles. The quantitative estimate of drug-likeness (QED) is 0.848. The normalized spacial score (nSPS) is 18.1. The van der Waals surface area contributed by atoms with Crippen LogP contribution in [0.5, 0.6) is 0 Å². The molecule has 1 aromatic rings. The van der Waals surface area contributed by atoms with E-state index < -0.39 is 0 Å². The summed E-state index contributed by atoms with van der Waals surface area (Å²) in [5.74, 6) is 1.62. The summed E-state index contributed by atoms with van der Waals surface area (Å²) >= 11 is 3.45. The molecule has 1 unspecified atom stereocenters. The van der Waals surface area contributed by atoms with Crippen LogP contribution in [-0.2, 0) is 6.42 Å². The van der Waals surface area contributed by atoms with Gasteiger partial charge in [-0.25, -0.2) is 0 Å². The minimum atomic E-state index is 0.571. The zero-order valence-electron chi connectivity index (χ0n) is 12.0. The number of nitrogens with one attached hydrogen (secondary N) is 1. The van der Waals surface area contributed by atoms with E-state index in [1.165, 1.54) is 31.4 Å². The van der Waals surface area contributed by atoms with E-state index in [1.54, 1.807) is 0 Å². The van der Waals surface area contributed by atoms with Crippen LogP contribution in [0.2, 0.25) is 0 Å². The second-order valence-corrected chi connectivity index (χ2v) is 6.96. The molecule has 1 fully saturated rings. The summed E-state index contributed by atoms with van der Waals surface area (Å²) in [6, 6.07) is 4.83. The number of rotatable bonds is 6. The largest absolute Gasteiger partial charge is 0.314 e. The molecule has 0 spiro atoms. The first kappa shape index (κ1) is 15.0. The van der Waals surface area contributed by atoms with Crippen molar-refractivity contribution in [2.45, 2.75) is 52.0 Å². The third kappa shape index (κ3) is 4.88. The fourth-order valence-corrected chi connectivity index (χ4v) is 3.25. The van der Waals surface area contributed by atoms with Crippen LogP contribution in [0.1, 0.15) is 45.2 Å². The summed E-state index contributed by atoms with van der Waals surface area (Å²) in [7, 11) is 0. The molecule has 3 heteroatoms. The highest BCUT2D eigenvalue weighted by Gasteiger charge is 2.25. The van der Waals surface area contributed by atoms with E-state index in [-0.39, 0.29) is 0 Å². The molecule has 106 valence electrons. The van der Waals surface area contributed by atoms with Gasteiger partial charge >= 0.3 is 0 Å².